The smallest absolute Gasteiger partial charge is 0.341 e. The van der Waals surface area contributed by atoms with Crippen molar-refractivity contribution in [2.45, 2.75) is 13.8 Å². The maximum absolute atomic E-state index is 12.7. The van der Waals surface area contributed by atoms with Crippen molar-refractivity contribution < 1.29 is 19.1 Å². The highest BCUT2D eigenvalue weighted by Crippen LogP contribution is 2.39. The second kappa shape index (κ2) is 10.3. The molecule has 2 heterocycles. The van der Waals surface area contributed by atoms with Gasteiger partial charge in [-0.15, -0.1) is 11.3 Å². The van der Waals surface area contributed by atoms with Gasteiger partial charge in [0.05, 0.1) is 13.7 Å². The van der Waals surface area contributed by atoms with Crippen molar-refractivity contribution in [2.24, 2.45) is 5.92 Å². The lowest BCUT2D eigenvalue weighted by Gasteiger charge is -2.35. The van der Waals surface area contributed by atoms with Crippen LogP contribution in [0, 0.1) is 5.92 Å². The molecule has 0 spiro atoms. The zero-order valence-electron chi connectivity index (χ0n) is 17.8. The molecule has 1 aliphatic rings. The lowest BCUT2D eigenvalue weighted by Crippen LogP contribution is -2.51. The van der Waals surface area contributed by atoms with Crippen LogP contribution in [-0.4, -0.2) is 67.4 Å². The minimum atomic E-state index is -0.535. The van der Waals surface area contributed by atoms with E-state index in [4.69, 9.17) is 16.3 Å². The maximum atomic E-state index is 12.7. The number of nitrogens with one attached hydrogen (secondary N) is 1. The number of ether oxygens (including phenoxy) is 1. The number of rotatable bonds is 6. The van der Waals surface area contributed by atoms with Crippen LogP contribution >= 0.6 is 22.9 Å². The number of nitrogens with zero attached hydrogens (tertiary/aromatic N) is 2. The summed E-state index contributed by atoms with van der Waals surface area (Å²) in [5.74, 6) is -0.649. The molecule has 3 rings (SSSR count). The van der Waals surface area contributed by atoms with E-state index in [0.717, 1.165) is 0 Å². The lowest BCUT2D eigenvalue weighted by molar-refractivity contribution is -0.136. The highest BCUT2D eigenvalue weighted by molar-refractivity contribution is 7.15. The van der Waals surface area contributed by atoms with Crippen LogP contribution in [0.2, 0.25) is 5.02 Å². The normalized spacial score (nSPS) is 14.5. The Morgan fingerprint density at radius 1 is 1.13 bits per heavy atom. The molecule has 1 aromatic carbocycles. The van der Waals surface area contributed by atoms with Crippen molar-refractivity contribution >= 4 is 45.7 Å². The van der Waals surface area contributed by atoms with Crippen molar-refractivity contribution in [3.05, 3.63) is 40.2 Å². The van der Waals surface area contributed by atoms with Crippen LogP contribution in [0.5, 0.6) is 0 Å². The van der Waals surface area contributed by atoms with Crippen LogP contribution in [0.25, 0.3) is 11.1 Å². The second-order valence-electron chi connectivity index (χ2n) is 7.63. The summed E-state index contributed by atoms with van der Waals surface area (Å²) in [4.78, 5) is 41.1. The molecule has 1 fully saturated rings. The number of benzene rings is 1. The molecule has 1 N–H and O–H groups in total. The van der Waals surface area contributed by atoms with Gasteiger partial charge in [-0.25, -0.2) is 4.79 Å². The number of carbonyl (C=O) groups is 3. The standard InChI is InChI=1S/C22H26ClN3O4S/c1-14(2)21(28)26-10-8-25(9-11-26)12-18(27)24-20-19(22(29)30-3)16(13-31-20)15-6-4-5-7-17(15)23/h4-7,13-14H,8-12H2,1-3H3,(H,24,27). The Hall–Kier alpha value is -2.42. The third-order valence-corrected chi connectivity index (χ3v) is 6.37. The first-order chi connectivity index (χ1) is 14.8. The van der Waals surface area contributed by atoms with Crippen LogP contribution in [-0.2, 0) is 14.3 Å². The van der Waals surface area contributed by atoms with E-state index in [0.29, 0.717) is 52.9 Å². The largest absolute Gasteiger partial charge is 0.465 e. The summed E-state index contributed by atoms with van der Waals surface area (Å²) in [6, 6.07) is 7.22. The number of amides is 2. The number of piperazine rings is 1. The van der Waals surface area contributed by atoms with Gasteiger partial charge in [0, 0.05) is 53.6 Å². The third kappa shape index (κ3) is 5.44. The van der Waals surface area contributed by atoms with E-state index in [1.165, 1.54) is 18.4 Å². The summed E-state index contributed by atoms with van der Waals surface area (Å²) >= 11 is 7.56. The first kappa shape index (κ1) is 23.2. The highest BCUT2D eigenvalue weighted by atomic mass is 35.5. The molecule has 166 valence electrons. The van der Waals surface area contributed by atoms with Gasteiger partial charge in [0.2, 0.25) is 11.8 Å². The zero-order chi connectivity index (χ0) is 22.5. The number of methoxy groups -OCH3 is 1. The van der Waals surface area contributed by atoms with Crippen LogP contribution < -0.4 is 5.32 Å². The zero-order valence-corrected chi connectivity index (χ0v) is 19.4. The Morgan fingerprint density at radius 2 is 1.81 bits per heavy atom. The molecule has 7 nitrogen and oxygen atoms in total. The SMILES string of the molecule is COC(=O)c1c(-c2ccccc2Cl)csc1NC(=O)CN1CCN(C(=O)C(C)C)CC1. The predicted octanol–water partition coefficient (Wildman–Crippen LogP) is 3.59. The first-order valence-electron chi connectivity index (χ1n) is 10.1. The Morgan fingerprint density at radius 3 is 2.42 bits per heavy atom. The van der Waals surface area contributed by atoms with E-state index in [1.807, 2.05) is 41.8 Å². The molecule has 0 aliphatic carbocycles. The topological polar surface area (TPSA) is 79.0 Å². The molecule has 0 radical (unpaired) electrons. The number of anilines is 1. The number of carbonyl (C=O) groups excluding carboxylic acids is 3. The minimum absolute atomic E-state index is 0.0299. The van der Waals surface area contributed by atoms with Crippen LogP contribution in [0.4, 0.5) is 5.00 Å². The van der Waals surface area contributed by atoms with Gasteiger partial charge in [-0.3, -0.25) is 14.5 Å². The monoisotopic (exact) mass is 463 g/mol. The van der Waals surface area contributed by atoms with Gasteiger partial charge in [0.15, 0.2) is 0 Å². The molecular weight excluding hydrogens is 438 g/mol. The Balaban J connectivity index is 1.69. The fourth-order valence-corrected chi connectivity index (χ4v) is 4.70. The Labute approximate surface area is 190 Å². The van der Waals surface area contributed by atoms with Gasteiger partial charge in [0.25, 0.3) is 0 Å². The Bertz CT molecular complexity index is 967. The molecule has 0 saturated carbocycles. The predicted molar refractivity (Wildman–Crippen MR) is 123 cm³/mol. The number of thiophene rings is 1. The molecule has 1 aromatic heterocycles. The average molecular weight is 464 g/mol. The first-order valence-corrected chi connectivity index (χ1v) is 11.3. The fraction of sp³-hybridized carbons (Fsp3) is 0.409. The quantitative estimate of drug-likeness (QED) is 0.662. The molecule has 0 bridgehead atoms. The third-order valence-electron chi connectivity index (χ3n) is 5.14. The molecule has 9 heteroatoms. The van der Waals surface area contributed by atoms with Crippen molar-refractivity contribution in [3.63, 3.8) is 0 Å². The number of halogens is 1. The summed E-state index contributed by atoms with van der Waals surface area (Å²) in [6.07, 6.45) is 0. The van der Waals surface area contributed by atoms with Crippen molar-refractivity contribution in [2.75, 3.05) is 45.2 Å². The summed E-state index contributed by atoms with van der Waals surface area (Å²) in [5.41, 5.74) is 1.62. The van der Waals surface area contributed by atoms with Gasteiger partial charge in [-0.05, 0) is 6.07 Å². The summed E-state index contributed by atoms with van der Waals surface area (Å²) < 4.78 is 4.95. The van der Waals surface area contributed by atoms with Crippen molar-refractivity contribution in [1.82, 2.24) is 9.80 Å². The molecule has 2 amide bonds. The Kier molecular flexibility index (Phi) is 7.69. The van der Waals surface area contributed by atoms with Crippen LogP contribution in [0.15, 0.2) is 29.6 Å². The maximum Gasteiger partial charge on any atom is 0.341 e. The molecule has 1 aliphatic heterocycles. The summed E-state index contributed by atoms with van der Waals surface area (Å²) in [7, 11) is 1.31. The van der Waals surface area contributed by atoms with Crippen molar-refractivity contribution in [1.29, 1.82) is 0 Å². The molecule has 31 heavy (non-hydrogen) atoms. The minimum Gasteiger partial charge on any atom is -0.465 e. The molecular formula is C22H26ClN3O4S. The molecule has 0 unspecified atom stereocenters. The van der Waals surface area contributed by atoms with Gasteiger partial charge in [-0.2, -0.15) is 0 Å². The van der Waals surface area contributed by atoms with Crippen LogP contribution in [0.3, 0.4) is 0 Å². The highest BCUT2D eigenvalue weighted by Gasteiger charge is 2.26. The molecule has 2 aromatic rings. The van der Waals surface area contributed by atoms with E-state index < -0.39 is 5.97 Å². The summed E-state index contributed by atoms with van der Waals surface area (Å²) in [5, 5.41) is 5.58. The average Bonchev–Trinajstić information content (AvgIpc) is 3.16. The van der Waals surface area contributed by atoms with Gasteiger partial charge in [0.1, 0.15) is 10.6 Å². The van der Waals surface area contributed by atoms with Gasteiger partial charge in [-0.1, -0.05) is 43.6 Å². The lowest BCUT2D eigenvalue weighted by atomic mass is 10.0. The van der Waals surface area contributed by atoms with Crippen LogP contribution in [0.1, 0.15) is 24.2 Å². The van der Waals surface area contributed by atoms with Gasteiger partial charge >= 0.3 is 5.97 Å². The van der Waals surface area contributed by atoms with E-state index in [-0.39, 0.29) is 24.3 Å². The van der Waals surface area contributed by atoms with E-state index in [2.05, 4.69) is 5.32 Å². The second-order valence-corrected chi connectivity index (χ2v) is 8.92. The van der Waals surface area contributed by atoms with Gasteiger partial charge < -0.3 is 15.0 Å². The number of esters is 1. The number of hydrogen-bond donors (Lipinski definition) is 1. The van der Waals surface area contributed by atoms with Crippen molar-refractivity contribution in [3.8, 4) is 11.1 Å². The number of hydrogen-bond acceptors (Lipinski definition) is 6. The van der Waals surface area contributed by atoms with E-state index in [1.54, 1.807) is 11.4 Å². The summed E-state index contributed by atoms with van der Waals surface area (Å²) in [6.45, 7) is 6.43. The molecule has 0 atom stereocenters. The molecule has 1 saturated heterocycles. The van der Waals surface area contributed by atoms with E-state index in [9.17, 15) is 14.4 Å². The fourth-order valence-electron chi connectivity index (χ4n) is 3.49. The van der Waals surface area contributed by atoms with E-state index >= 15 is 0 Å².